The van der Waals surface area contributed by atoms with Gasteiger partial charge < -0.3 is 9.63 Å². The summed E-state index contributed by atoms with van der Waals surface area (Å²) in [6.07, 6.45) is 4.67. The number of aromatic nitrogens is 5. The van der Waals surface area contributed by atoms with Gasteiger partial charge in [0.05, 0.1) is 6.10 Å². The van der Waals surface area contributed by atoms with Gasteiger partial charge in [0.2, 0.25) is 11.7 Å². The first-order valence-corrected chi connectivity index (χ1v) is 5.70. The van der Waals surface area contributed by atoms with Gasteiger partial charge in [0.15, 0.2) is 5.82 Å². The van der Waals surface area contributed by atoms with Crippen LogP contribution in [0.2, 0.25) is 0 Å². The minimum atomic E-state index is -0.255. The van der Waals surface area contributed by atoms with Crippen molar-refractivity contribution in [1.29, 1.82) is 0 Å². The minimum Gasteiger partial charge on any atom is -0.393 e. The standard InChI is InChI=1S/C10H13N5O2/c16-7-3-1-2-6(4-7)10-13-9(15-17-10)8-11-5-12-14-8/h5-7,16H,1-4H2,(H,11,12,14). The summed E-state index contributed by atoms with van der Waals surface area (Å²) in [6, 6.07) is 0. The Kier molecular flexibility index (Phi) is 2.60. The molecule has 2 aromatic heterocycles. The second-order valence-corrected chi connectivity index (χ2v) is 4.31. The lowest BCUT2D eigenvalue weighted by molar-refractivity contribution is 0.111. The number of aliphatic hydroxyl groups excluding tert-OH is 1. The highest BCUT2D eigenvalue weighted by Gasteiger charge is 2.26. The van der Waals surface area contributed by atoms with Gasteiger partial charge in [-0.15, -0.1) is 0 Å². The van der Waals surface area contributed by atoms with Crippen molar-refractivity contribution in [2.45, 2.75) is 37.7 Å². The van der Waals surface area contributed by atoms with E-state index in [9.17, 15) is 5.11 Å². The van der Waals surface area contributed by atoms with Crippen LogP contribution in [0, 0.1) is 0 Å². The molecule has 2 atom stereocenters. The van der Waals surface area contributed by atoms with Crippen LogP contribution < -0.4 is 0 Å². The molecule has 0 amide bonds. The molecule has 3 rings (SSSR count). The van der Waals surface area contributed by atoms with Gasteiger partial charge in [0.1, 0.15) is 6.33 Å². The van der Waals surface area contributed by atoms with Crippen LogP contribution in [0.25, 0.3) is 11.6 Å². The van der Waals surface area contributed by atoms with E-state index in [1.807, 2.05) is 0 Å². The molecule has 2 N–H and O–H groups in total. The highest BCUT2D eigenvalue weighted by atomic mass is 16.5. The average Bonchev–Trinajstić information content (AvgIpc) is 3.00. The lowest BCUT2D eigenvalue weighted by Crippen LogP contribution is -2.18. The zero-order valence-corrected chi connectivity index (χ0v) is 9.20. The van der Waals surface area contributed by atoms with E-state index in [1.54, 1.807) is 0 Å². The number of nitrogens with one attached hydrogen (secondary N) is 1. The monoisotopic (exact) mass is 235 g/mol. The summed E-state index contributed by atoms with van der Waals surface area (Å²) in [7, 11) is 0. The molecule has 0 aliphatic heterocycles. The van der Waals surface area contributed by atoms with Gasteiger partial charge in [-0.2, -0.15) is 10.1 Å². The second-order valence-electron chi connectivity index (χ2n) is 4.31. The SMILES string of the molecule is OC1CCCC(c2nc(-c3ncn[nH]3)no2)C1. The Morgan fingerprint density at radius 3 is 3.12 bits per heavy atom. The van der Waals surface area contributed by atoms with Crippen molar-refractivity contribution in [1.82, 2.24) is 25.3 Å². The third-order valence-electron chi connectivity index (χ3n) is 3.06. The fourth-order valence-electron chi connectivity index (χ4n) is 2.20. The quantitative estimate of drug-likeness (QED) is 0.801. The number of rotatable bonds is 2. The predicted molar refractivity (Wildman–Crippen MR) is 56.9 cm³/mol. The molecule has 0 aromatic carbocycles. The lowest BCUT2D eigenvalue weighted by atomic mass is 9.87. The van der Waals surface area contributed by atoms with Gasteiger partial charge in [-0.25, -0.2) is 4.98 Å². The fourth-order valence-corrected chi connectivity index (χ4v) is 2.20. The van der Waals surface area contributed by atoms with Crippen molar-refractivity contribution >= 4 is 0 Å². The topological polar surface area (TPSA) is 101 Å². The summed E-state index contributed by atoms with van der Waals surface area (Å²) in [6.45, 7) is 0. The molecule has 0 bridgehead atoms. The van der Waals surface area contributed by atoms with Crippen molar-refractivity contribution in [3.63, 3.8) is 0 Å². The van der Waals surface area contributed by atoms with E-state index in [0.717, 1.165) is 19.3 Å². The van der Waals surface area contributed by atoms with Gasteiger partial charge in [0, 0.05) is 5.92 Å². The number of aliphatic hydroxyl groups is 1. The van der Waals surface area contributed by atoms with Gasteiger partial charge in [-0.05, 0) is 19.3 Å². The molecular weight excluding hydrogens is 222 g/mol. The maximum Gasteiger partial charge on any atom is 0.239 e. The van der Waals surface area contributed by atoms with Gasteiger partial charge in [-0.3, -0.25) is 5.10 Å². The summed E-state index contributed by atoms with van der Waals surface area (Å²) in [5.74, 6) is 1.65. The number of aromatic amines is 1. The van der Waals surface area contributed by atoms with Crippen molar-refractivity contribution in [3.05, 3.63) is 12.2 Å². The molecule has 7 nitrogen and oxygen atoms in total. The average molecular weight is 235 g/mol. The molecule has 7 heteroatoms. The van der Waals surface area contributed by atoms with Crippen LogP contribution in [0.15, 0.2) is 10.9 Å². The minimum absolute atomic E-state index is 0.155. The Morgan fingerprint density at radius 2 is 2.35 bits per heavy atom. The Balaban J connectivity index is 1.80. The predicted octanol–water partition coefficient (Wildman–Crippen LogP) is 0.873. The van der Waals surface area contributed by atoms with Crippen LogP contribution in [0.3, 0.4) is 0 Å². The van der Waals surface area contributed by atoms with Gasteiger partial charge in [0.25, 0.3) is 0 Å². The summed E-state index contributed by atoms with van der Waals surface area (Å²) in [5, 5.41) is 19.9. The van der Waals surface area contributed by atoms with E-state index in [-0.39, 0.29) is 12.0 Å². The molecule has 1 aliphatic carbocycles. The van der Waals surface area contributed by atoms with Crippen LogP contribution >= 0.6 is 0 Å². The van der Waals surface area contributed by atoms with E-state index >= 15 is 0 Å². The van der Waals surface area contributed by atoms with E-state index in [2.05, 4.69) is 25.3 Å². The van der Waals surface area contributed by atoms with E-state index in [4.69, 9.17) is 4.52 Å². The van der Waals surface area contributed by atoms with Crippen molar-refractivity contribution in [3.8, 4) is 11.6 Å². The molecule has 90 valence electrons. The van der Waals surface area contributed by atoms with Gasteiger partial charge in [-0.1, -0.05) is 11.6 Å². The molecule has 0 spiro atoms. The van der Waals surface area contributed by atoms with Crippen molar-refractivity contribution in [2.75, 3.05) is 0 Å². The Labute approximate surface area is 97.3 Å². The zero-order chi connectivity index (χ0) is 11.7. The number of nitrogens with zero attached hydrogens (tertiary/aromatic N) is 4. The van der Waals surface area contributed by atoms with Crippen LogP contribution in [-0.2, 0) is 0 Å². The Morgan fingerprint density at radius 1 is 1.41 bits per heavy atom. The van der Waals surface area contributed by atoms with Crippen LogP contribution in [0.1, 0.15) is 37.5 Å². The highest BCUT2D eigenvalue weighted by Crippen LogP contribution is 2.32. The molecule has 17 heavy (non-hydrogen) atoms. The van der Waals surface area contributed by atoms with Crippen LogP contribution in [0.5, 0.6) is 0 Å². The van der Waals surface area contributed by atoms with Crippen LogP contribution in [-0.4, -0.2) is 36.5 Å². The van der Waals surface area contributed by atoms with E-state index in [0.29, 0.717) is 24.0 Å². The van der Waals surface area contributed by atoms with Gasteiger partial charge >= 0.3 is 0 Å². The third-order valence-corrected chi connectivity index (χ3v) is 3.06. The molecule has 1 aliphatic rings. The Bertz CT molecular complexity index is 481. The molecule has 0 saturated heterocycles. The number of hydrogen-bond acceptors (Lipinski definition) is 6. The largest absolute Gasteiger partial charge is 0.393 e. The zero-order valence-electron chi connectivity index (χ0n) is 9.20. The smallest absolute Gasteiger partial charge is 0.239 e. The maximum absolute atomic E-state index is 9.61. The normalized spacial score (nSPS) is 25.0. The number of hydrogen-bond donors (Lipinski definition) is 2. The van der Waals surface area contributed by atoms with Crippen molar-refractivity contribution in [2.24, 2.45) is 0 Å². The maximum atomic E-state index is 9.61. The lowest BCUT2D eigenvalue weighted by Gasteiger charge is -2.22. The molecule has 2 heterocycles. The van der Waals surface area contributed by atoms with Crippen molar-refractivity contribution < 1.29 is 9.63 Å². The fraction of sp³-hybridized carbons (Fsp3) is 0.600. The number of H-pyrrole nitrogens is 1. The summed E-state index contributed by atoms with van der Waals surface area (Å²) in [4.78, 5) is 8.25. The third kappa shape index (κ3) is 2.05. The first kappa shape index (κ1) is 10.4. The molecular formula is C10H13N5O2. The van der Waals surface area contributed by atoms with Crippen LogP contribution in [0.4, 0.5) is 0 Å². The first-order chi connectivity index (χ1) is 8.33. The van der Waals surface area contributed by atoms with E-state index < -0.39 is 0 Å². The summed E-state index contributed by atoms with van der Waals surface area (Å²) in [5.41, 5.74) is 0. The molecule has 2 aromatic rings. The Hall–Kier alpha value is -1.76. The second kappa shape index (κ2) is 4.25. The molecule has 2 unspecified atom stereocenters. The highest BCUT2D eigenvalue weighted by molar-refractivity contribution is 5.39. The summed E-state index contributed by atoms with van der Waals surface area (Å²) < 4.78 is 5.22. The first-order valence-electron chi connectivity index (χ1n) is 5.70. The van der Waals surface area contributed by atoms with E-state index in [1.165, 1.54) is 6.33 Å². The molecule has 0 radical (unpaired) electrons. The summed E-state index contributed by atoms with van der Waals surface area (Å²) >= 11 is 0. The molecule has 1 fully saturated rings. The molecule has 1 saturated carbocycles.